The fourth-order valence-electron chi connectivity index (χ4n) is 4.54. The van der Waals surface area contributed by atoms with Gasteiger partial charge in [0.2, 0.25) is 11.8 Å². The largest absolute Gasteiger partial charge is 0.494 e. The van der Waals surface area contributed by atoms with Gasteiger partial charge < -0.3 is 15.0 Å². The average molecular weight is 612 g/mol. The molecular weight excluding hydrogens is 571 g/mol. The average Bonchev–Trinajstić information content (AvgIpc) is 3.00. The van der Waals surface area contributed by atoms with Crippen molar-refractivity contribution in [2.45, 2.75) is 62.9 Å². The number of anilines is 1. The van der Waals surface area contributed by atoms with E-state index >= 15 is 0 Å². The molecule has 0 spiro atoms. The van der Waals surface area contributed by atoms with Gasteiger partial charge in [0.25, 0.3) is 10.0 Å². The predicted molar refractivity (Wildman–Crippen MR) is 169 cm³/mol. The Morgan fingerprint density at radius 3 is 2.19 bits per heavy atom. The normalized spacial score (nSPS) is 11.9. The number of nitrogens with one attached hydrogen (secondary N) is 1. The Morgan fingerprint density at radius 2 is 1.62 bits per heavy atom. The first-order chi connectivity index (χ1) is 20.2. The van der Waals surface area contributed by atoms with Gasteiger partial charge in [-0.15, -0.1) is 11.8 Å². The molecule has 8 nitrogen and oxygen atoms in total. The van der Waals surface area contributed by atoms with Crippen LogP contribution in [-0.4, -0.2) is 57.1 Å². The van der Waals surface area contributed by atoms with Gasteiger partial charge in [-0.1, -0.05) is 38.1 Å². The van der Waals surface area contributed by atoms with Crippen LogP contribution in [-0.2, 0) is 26.2 Å². The lowest BCUT2D eigenvalue weighted by Gasteiger charge is -2.33. The van der Waals surface area contributed by atoms with E-state index in [0.717, 1.165) is 26.7 Å². The number of thioether (sulfide) groups is 1. The summed E-state index contributed by atoms with van der Waals surface area (Å²) < 4.78 is 34.8. The van der Waals surface area contributed by atoms with Crippen LogP contribution in [0.5, 0.6) is 5.75 Å². The van der Waals surface area contributed by atoms with Crippen molar-refractivity contribution in [3.05, 3.63) is 83.9 Å². The number of carbonyl (C=O) groups is 2. The van der Waals surface area contributed by atoms with Crippen molar-refractivity contribution in [1.29, 1.82) is 0 Å². The van der Waals surface area contributed by atoms with Crippen molar-refractivity contribution in [2.75, 3.05) is 30.3 Å². The lowest BCUT2D eigenvalue weighted by Crippen LogP contribution is -2.52. The maximum Gasteiger partial charge on any atom is 0.264 e. The molecule has 0 saturated heterocycles. The molecule has 10 heteroatoms. The third kappa shape index (κ3) is 8.29. The van der Waals surface area contributed by atoms with Gasteiger partial charge in [-0.2, -0.15) is 0 Å². The Labute approximate surface area is 254 Å². The maximum absolute atomic E-state index is 14.2. The first-order valence-corrected chi connectivity index (χ1v) is 16.8. The molecule has 0 heterocycles. The fraction of sp³-hybridized carbons (Fsp3) is 0.375. The second-order valence-electron chi connectivity index (χ2n) is 9.78. The second kappa shape index (κ2) is 15.7. The van der Waals surface area contributed by atoms with Crippen molar-refractivity contribution in [3.63, 3.8) is 0 Å². The van der Waals surface area contributed by atoms with Gasteiger partial charge >= 0.3 is 0 Å². The minimum absolute atomic E-state index is 0.0696. The summed E-state index contributed by atoms with van der Waals surface area (Å²) in [6.45, 7) is 8.27. The number of nitrogens with zero attached hydrogens (tertiary/aromatic N) is 2. The first-order valence-electron chi connectivity index (χ1n) is 14.2. The van der Waals surface area contributed by atoms with Crippen molar-refractivity contribution in [3.8, 4) is 5.75 Å². The minimum Gasteiger partial charge on any atom is -0.494 e. The summed E-state index contributed by atoms with van der Waals surface area (Å²) in [6, 6.07) is 20.1. The van der Waals surface area contributed by atoms with E-state index in [0.29, 0.717) is 31.0 Å². The number of hydrogen-bond donors (Lipinski definition) is 1. The van der Waals surface area contributed by atoms with Crippen molar-refractivity contribution in [1.82, 2.24) is 10.2 Å². The van der Waals surface area contributed by atoms with Crippen LogP contribution < -0.4 is 14.4 Å². The molecule has 0 aromatic heterocycles. The Kier molecular flexibility index (Phi) is 12.3. The highest BCUT2D eigenvalue weighted by atomic mass is 32.2. The van der Waals surface area contributed by atoms with E-state index in [-0.39, 0.29) is 17.3 Å². The molecule has 0 bridgehead atoms. The smallest absolute Gasteiger partial charge is 0.264 e. The number of rotatable bonds is 15. The molecular formula is C32H41N3O5S2. The Morgan fingerprint density at radius 1 is 0.952 bits per heavy atom. The highest BCUT2D eigenvalue weighted by molar-refractivity contribution is 7.98. The lowest BCUT2D eigenvalue weighted by molar-refractivity contribution is -0.140. The highest BCUT2D eigenvalue weighted by Gasteiger charge is 2.33. The van der Waals surface area contributed by atoms with Gasteiger partial charge in [-0.25, -0.2) is 8.42 Å². The summed E-state index contributed by atoms with van der Waals surface area (Å²) >= 11 is 1.51. The highest BCUT2D eigenvalue weighted by Crippen LogP contribution is 2.28. The van der Waals surface area contributed by atoms with Crippen LogP contribution in [0.4, 0.5) is 5.69 Å². The Hall–Kier alpha value is -3.50. The molecule has 0 radical (unpaired) electrons. The van der Waals surface area contributed by atoms with Gasteiger partial charge in [0.15, 0.2) is 0 Å². The molecule has 0 fully saturated rings. The molecule has 0 aliphatic heterocycles. The lowest BCUT2D eigenvalue weighted by atomic mass is 10.1. The Bertz CT molecular complexity index is 1430. The molecule has 226 valence electrons. The summed E-state index contributed by atoms with van der Waals surface area (Å²) in [5.41, 5.74) is 2.18. The van der Waals surface area contributed by atoms with E-state index < -0.39 is 28.5 Å². The number of ether oxygens (including phenoxy) is 1. The zero-order chi connectivity index (χ0) is 30.7. The summed E-state index contributed by atoms with van der Waals surface area (Å²) in [4.78, 5) is 29.9. The number of benzene rings is 3. The van der Waals surface area contributed by atoms with Crippen LogP contribution >= 0.6 is 11.8 Å². The number of carbonyl (C=O) groups excluding carboxylic acids is 2. The molecule has 42 heavy (non-hydrogen) atoms. The third-order valence-corrected chi connectivity index (χ3v) is 9.43. The van der Waals surface area contributed by atoms with Crippen LogP contribution in [0.15, 0.2) is 82.6 Å². The summed E-state index contributed by atoms with van der Waals surface area (Å²) in [6.07, 6.45) is 3.05. The van der Waals surface area contributed by atoms with Crippen LogP contribution in [0.25, 0.3) is 0 Å². The molecule has 2 amide bonds. The SMILES string of the molecule is CCCNC(=O)[C@H](CC)N(Cc1ccccc1C)C(=O)CN(c1ccc(OCC)cc1)S(=O)(=O)c1ccc(SC)cc1. The standard InChI is InChI=1S/C32H41N3O5S2/c1-6-21-33-32(37)30(7-2)34(22-25-12-10-9-11-24(25)4)31(36)23-35(26-13-15-27(16-14-26)40-8-3)42(38,39)29-19-17-28(41-5)18-20-29/h9-20,30H,6-8,21-23H2,1-5H3,(H,33,37)/t30-/m0/s1. The van der Waals surface area contributed by atoms with Crippen LogP contribution in [0.2, 0.25) is 0 Å². The summed E-state index contributed by atoms with van der Waals surface area (Å²) in [5, 5.41) is 2.91. The predicted octanol–water partition coefficient (Wildman–Crippen LogP) is 5.64. The van der Waals surface area contributed by atoms with E-state index in [1.54, 1.807) is 48.5 Å². The molecule has 0 aliphatic carbocycles. The van der Waals surface area contributed by atoms with E-state index in [9.17, 15) is 18.0 Å². The van der Waals surface area contributed by atoms with E-state index in [1.807, 2.05) is 58.2 Å². The van der Waals surface area contributed by atoms with E-state index in [4.69, 9.17) is 4.74 Å². The zero-order valence-electron chi connectivity index (χ0n) is 25.0. The number of hydrogen-bond acceptors (Lipinski definition) is 6. The Balaban J connectivity index is 2.07. The van der Waals surface area contributed by atoms with Gasteiger partial charge in [-0.3, -0.25) is 13.9 Å². The number of sulfonamides is 1. The topological polar surface area (TPSA) is 96.0 Å². The quantitative estimate of drug-likeness (QED) is 0.223. The second-order valence-corrected chi connectivity index (χ2v) is 12.5. The fourth-order valence-corrected chi connectivity index (χ4v) is 6.36. The van der Waals surface area contributed by atoms with E-state index in [2.05, 4.69) is 5.32 Å². The van der Waals surface area contributed by atoms with Crippen molar-refractivity contribution < 1.29 is 22.7 Å². The third-order valence-electron chi connectivity index (χ3n) is 6.90. The first kappa shape index (κ1) is 33.0. The molecule has 0 aliphatic rings. The van der Waals surface area contributed by atoms with Gasteiger partial charge in [0.1, 0.15) is 18.3 Å². The van der Waals surface area contributed by atoms with Crippen LogP contribution in [0.1, 0.15) is 44.7 Å². The van der Waals surface area contributed by atoms with Gasteiger partial charge in [0.05, 0.1) is 17.2 Å². The van der Waals surface area contributed by atoms with Crippen molar-refractivity contribution in [2.24, 2.45) is 0 Å². The van der Waals surface area contributed by atoms with Crippen molar-refractivity contribution >= 4 is 39.3 Å². The minimum atomic E-state index is -4.15. The van der Waals surface area contributed by atoms with Gasteiger partial charge in [-0.05, 0) is 92.6 Å². The molecule has 3 rings (SSSR count). The number of aryl methyl sites for hydroxylation is 1. The zero-order valence-corrected chi connectivity index (χ0v) is 26.6. The molecule has 1 atom stereocenters. The molecule has 1 N–H and O–H groups in total. The number of amides is 2. The van der Waals surface area contributed by atoms with Crippen LogP contribution in [0.3, 0.4) is 0 Å². The molecule has 0 unspecified atom stereocenters. The molecule has 0 saturated carbocycles. The monoisotopic (exact) mass is 611 g/mol. The molecule has 3 aromatic rings. The molecule has 3 aromatic carbocycles. The van der Waals surface area contributed by atoms with Crippen LogP contribution in [0, 0.1) is 6.92 Å². The summed E-state index contributed by atoms with van der Waals surface area (Å²) in [5.74, 6) is -0.145. The summed E-state index contributed by atoms with van der Waals surface area (Å²) in [7, 11) is -4.15. The maximum atomic E-state index is 14.2. The van der Waals surface area contributed by atoms with Gasteiger partial charge in [0, 0.05) is 18.0 Å². The van der Waals surface area contributed by atoms with E-state index in [1.165, 1.54) is 16.7 Å².